The van der Waals surface area contributed by atoms with Gasteiger partial charge in [0.2, 0.25) is 5.91 Å². The smallest absolute Gasteiger partial charge is 0.238 e. The van der Waals surface area contributed by atoms with Crippen molar-refractivity contribution in [1.29, 1.82) is 0 Å². The summed E-state index contributed by atoms with van der Waals surface area (Å²) in [7, 11) is 0. The number of imidazole rings is 1. The van der Waals surface area contributed by atoms with Crippen LogP contribution in [0.25, 0.3) is 11.0 Å². The molecule has 0 N–H and O–H groups in total. The van der Waals surface area contributed by atoms with Crippen LogP contribution < -0.4 is 0 Å². The van der Waals surface area contributed by atoms with Crippen LogP contribution in [-0.2, 0) is 6.42 Å². The van der Waals surface area contributed by atoms with Crippen LogP contribution in [0.15, 0.2) is 55.0 Å². The fourth-order valence-corrected chi connectivity index (χ4v) is 1.90. The summed E-state index contributed by atoms with van der Waals surface area (Å²) in [5, 5.41) is 0. The number of para-hydroxylation sites is 2. The molecule has 2 aromatic heterocycles. The Morgan fingerprint density at radius 3 is 2.72 bits per heavy atom. The minimum atomic E-state index is -0.0256. The molecule has 2 heterocycles. The van der Waals surface area contributed by atoms with Crippen molar-refractivity contribution in [2.24, 2.45) is 0 Å². The highest BCUT2D eigenvalue weighted by Crippen LogP contribution is 2.12. The van der Waals surface area contributed by atoms with E-state index in [1.807, 2.05) is 42.5 Å². The number of fused-ring (bicyclic) bond motifs is 1. The van der Waals surface area contributed by atoms with Crippen molar-refractivity contribution in [2.45, 2.75) is 6.42 Å². The van der Waals surface area contributed by atoms with Crippen molar-refractivity contribution in [3.8, 4) is 0 Å². The predicted octanol–water partition coefficient (Wildman–Crippen LogP) is 2.31. The second-order valence-electron chi connectivity index (χ2n) is 3.99. The van der Waals surface area contributed by atoms with Crippen molar-refractivity contribution in [1.82, 2.24) is 14.5 Å². The summed E-state index contributed by atoms with van der Waals surface area (Å²) >= 11 is 0. The Morgan fingerprint density at radius 1 is 1.06 bits per heavy atom. The molecule has 0 amide bonds. The van der Waals surface area contributed by atoms with Crippen LogP contribution in [0.5, 0.6) is 0 Å². The summed E-state index contributed by atoms with van der Waals surface area (Å²) in [6, 6.07) is 13.1. The number of carbonyl (C=O) groups excluding carboxylic acids is 1. The molecule has 0 saturated carbocycles. The van der Waals surface area contributed by atoms with Gasteiger partial charge >= 0.3 is 0 Å². The fourth-order valence-electron chi connectivity index (χ4n) is 1.90. The van der Waals surface area contributed by atoms with Crippen LogP contribution >= 0.6 is 0 Å². The van der Waals surface area contributed by atoms with Gasteiger partial charge in [0.1, 0.15) is 6.33 Å². The number of nitrogens with zero attached hydrogens (tertiary/aromatic N) is 3. The van der Waals surface area contributed by atoms with Gasteiger partial charge < -0.3 is 0 Å². The lowest BCUT2D eigenvalue weighted by Gasteiger charge is -2.02. The molecular weight excluding hydrogens is 226 g/mol. The number of rotatable bonds is 2. The molecule has 4 heteroatoms. The van der Waals surface area contributed by atoms with E-state index in [4.69, 9.17) is 0 Å². The summed E-state index contributed by atoms with van der Waals surface area (Å²) in [6.45, 7) is 0. The molecule has 0 spiro atoms. The Kier molecular flexibility index (Phi) is 2.61. The fraction of sp³-hybridized carbons (Fsp3) is 0.0714. The van der Waals surface area contributed by atoms with Gasteiger partial charge in [0.05, 0.1) is 17.5 Å². The zero-order valence-electron chi connectivity index (χ0n) is 9.65. The van der Waals surface area contributed by atoms with Crippen LogP contribution in [0.2, 0.25) is 0 Å². The normalized spacial score (nSPS) is 10.7. The first-order valence-electron chi connectivity index (χ1n) is 5.70. The molecule has 0 radical (unpaired) electrons. The first-order chi connectivity index (χ1) is 8.84. The Bertz CT molecular complexity index is 688. The largest absolute Gasteiger partial charge is 0.274 e. The molecule has 0 aliphatic heterocycles. The molecule has 88 valence electrons. The summed E-state index contributed by atoms with van der Waals surface area (Å²) in [5.74, 6) is -0.0256. The maximum atomic E-state index is 12.2. The third kappa shape index (κ3) is 1.88. The highest BCUT2D eigenvalue weighted by molar-refractivity contribution is 5.90. The number of pyridine rings is 1. The average molecular weight is 237 g/mol. The maximum Gasteiger partial charge on any atom is 0.238 e. The second kappa shape index (κ2) is 4.41. The molecule has 0 atom stereocenters. The SMILES string of the molecule is O=C(Cc1ccccn1)n1cnc2ccccc21. The molecule has 0 aliphatic rings. The number of carbonyl (C=O) groups is 1. The maximum absolute atomic E-state index is 12.2. The lowest BCUT2D eigenvalue weighted by Crippen LogP contribution is -2.13. The molecule has 3 aromatic rings. The molecule has 0 bridgehead atoms. The van der Waals surface area contributed by atoms with Crippen LogP contribution in [0.1, 0.15) is 10.5 Å². The van der Waals surface area contributed by atoms with Gasteiger partial charge in [-0.1, -0.05) is 18.2 Å². The minimum Gasteiger partial charge on any atom is -0.274 e. The molecule has 18 heavy (non-hydrogen) atoms. The standard InChI is InChI=1S/C14H11N3O/c18-14(9-11-5-3-4-8-15-11)17-10-16-12-6-1-2-7-13(12)17/h1-8,10H,9H2. The van der Waals surface area contributed by atoms with E-state index in [1.54, 1.807) is 17.1 Å². The molecule has 4 nitrogen and oxygen atoms in total. The van der Waals surface area contributed by atoms with Gasteiger partial charge in [-0.2, -0.15) is 0 Å². The van der Waals surface area contributed by atoms with Crippen molar-refractivity contribution in [2.75, 3.05) is 0 Å². The number of hydrogen-bond donors (Lipinski definition) is 0. The van der Waals surface area contributed by atoms with Gasteiger partial charge in [-0.3, -0.25) is 14.3 Å². The second-order valence-corrected chi connectivity index (χ2v) is 3.99. The summed E-state index contributed by atoms with van der Waals surface area (Å²) in [6.07, 6.45) is 3.53. The molecule has 0 unspecified atom stereocenters. The van der Waals surface area contributed by atoms with Gasteiger partial charge in [0.25, 0.3) is 0 Å². The lowest BCUT2D eigenvalue weighted by molar-refractivity contribution is 0.0917. The topological polar surface area (TPSA) is 47.8 Å². The molecular formula is C14H11N3O. The minimum absolute atomic E-state index is 0.0256. The van der Waals surface area contributed by atoms with Gasteiger partial charge in [0.15, 0.2) is 0 Å². The van der Waals surface area contributed by atoms with Crippen LogP contribution in [0.3, 0.4) is 0 Å². The van der Waals surface area contributed by atoms with Gasteiger partial charge in [-0.15, -0.1) is 0 Å². The zero-order chi connectivity index (χ0) is 12.4. The van der Waals surface area contributed by atoms with E-state index in [-0.39, 0.29) is 12.3 Å². The monoisotopic (exact) mass is 237 g/mol. The summed E-state index contributed by atoms with van der Waals surface area (Å²) in [5.41, 5.74) is 2.42. The average Bonchev–Trinajstić information content (AvgIpc) is 2.84. The first kappa shape index (κ1) is 10.7. The third-order valence-electron chi connectivity index (χ3n) is 2.78. The van der Waals surface area contributed by atoms with E-state index in [1.165, 1.54) is 0 Å². The quantitative estimate of drug-likeness (QED) is 0.687. The summed E-state index contributed by atoms with van der Waals surface area (Å²) in [4.78, 5) is 20.5. The third-order valence-corrected chi connectivity index (χ3v) is 2.78. The van der Waals surface area contributed by atoms with Crippen LogP contribution in [0, 0.1) is 0 Å². The highest BCUT2D eigenvalue weighted by Gasteiger charge is 2.10. The Morgan fingerprint density at radius 2 is 1.89 bits per heavy atom. The van der Waals surface area contributed by atoms with Gasteiger partial charge in [-0.25, -0.2) is 4.98 Å². The lowest BCUT2D eigenvalue weighted by atomic mass is 10.2. The van der Waals surface area contributed by atoms with E-state index in [2.05, 4.69) is 9.97 Å². The van der Waals surface area contributed by atoms with Gasteiger partial charge in [-0.05, 0) is 24.3 Å². The molecule has 0 aliphatic carbocycles. The van der Waals surface area contributed by atoms with Crippen molar-refractivity contribution < 1.29 is 4.79 Å². The van der Waals surface area contributed by atoms with Crippen LogP contribution in [0.4, 0.5) is 0 Å². The Labute approximate surface area is 104 Å². The van der Waals surface area contributed by atoms with Crippen LogP contribution in [-0.4, -0.2) is 20.4 Å². The predicted molar refractivity (Wildman–Crippen MR) is 68.3 cm³/mol. The molecule has 0 fully saturated rings. The van der Waals surface area contributed by atoms with E-state index < -0.39 is 0 Å². The van der Waals surface area contributed by atoms with Crippen molar-refractivity contribution in [3.05, 3.63) is 60.7 Å². The van der Waals surface area contributed by atoms with E-state index in [0.29, 0.717) is 0 Å². The number of aromatic nitrogens is 3. The van der Waals surface area contributed by atoms with E-state index in [0.717, 1.165) is 16.7 Å². The summed E-state index contributed by atoms with van der Waals surface area (Å²) < 4.78 is 1.57. The van der Waals surface area contributed by atoms with Crippen molar-refractivity contribution in [3.63, 3.8) is 0 Å². The zero-order valence-corrected chi connectivity index (χ0v) is 9.65. The number of benzene rings is 1. The Hall–Kier alpha value is -2.49. The number of hydrogen-bond acceptors (Lipinski definition) is 3. The molecule has 0 saturated heterocycles. The molecule has 3 rings (SSSR count). The van der Waals surface area contributed by atoms with E-state index >= 15 is 0 Å². The van der Waals surface area contributed by atoms with Gasteiger partial charge in [0, 0.05) is 11.9 Å². The molecule has 1 aromatic carbocycles. The first-order valence-corrected chi connectivity index (χ1v) is 5.70. The van der Waals surface area contributed by atoms with Crippen molar-refractivity contribution >= 4 is 16.9 Å². The Balaban J connectivity index is 1.93. The highest BCUT2D eigenvalue weighted by atomic mass is 16.2. The van der Waals surface area contributed by atoms with E-state index in [9.17, 15) is 4.79 Å².